The first kappa shape index (κ1) is 9.59. The Kier molecular flexibility index (Phi) is 4.23. The van der Waals surface area contributed by atoms with Crippen molar-refractivity contribution >= 4 is 0 Å². The first-order valence-corrected chi connectivity index (χ1v) is 3.11. The molecule has 10 heavy (non-hydrogen) atoms. The van der Waals surface area contributed by atoms with Gasteiger partial charge in [-0.1, -0.05) is 13.5 Å². The molecule has 60 valence electrons. The fourth-order valence-electron chi connectivity index (χ4n) is 0.638. The summed E-state index contributed by atoms with van der Waals surface area (Å²) < 4.78 is 17.1. The molecule has 0 radical (unpaired) electrons. The number of aliphatic hydroxyl groups excluding tert-OH is 1. The van der Waals surface area contributed by atoms with Gasteiger partial charge in [-0.3, -0.25) is 0 Å². The third-order valence-electron chi connectivity index (χ3n) is 1.53. The molecule has 0 aromatic rings. The summed E-state index contributed by atoms with van der Waals surface area (Å²) in [6.45, 7) is 4.55. The molecule has 1 N–H and O–H groups in total. The van der Waals surface area contributed by atoms with Crippen LogP contribution in [0.25, 0.3) is 0 Å². The van der Waals surface area contributed by atoms with Crippen molar-refractivity contribution in [3.63, 3.8) is 0 Å². The summed E-state index contributed by atoms with van der Waals surface area (Å²) in [5, 5.41) is 8.61. The molecule has 0 aliphatic rings. The number of hydrogen-bond donors (Lipinski definition) is 1. The van der Waals surface area contributed by atoms with Gasteiger partial charge in [0.25, 0.3) is 0 Å². The van der Waals surface area contributed by atoms with Crippen molar-refractivity contribution in [2.75, 3.05) is 13.7 Å². The summed E-state index contributed by atoms with van der Waals surface area (Å²) in [7, 11) is 1.43. The van der Waals surface area contributed by atoms with E-state index >= 15 is 0 Å². The van der Waals surface area contributed by atoms with E-state index in [2.05, 4.69) is 6.58 Å². The Balaban J connectivity index is 3.88. The summed E-state index contributed by atoms with van der Waals surface area (Å²) in [5.41, 5.74) is 0. The lowest BCUT2D eigenvalue weighted by molar-refractivity contribution is 0.0175. The highest BCUT2D eigenvalue weighted by Gasteiger charge is 2.17. The molecule has 0 bridgehead atoms. The monoisotopic (exact) mass is 148 g/mol. The van der Waals surface area contributed by atoms with Crippen molar-refractivity contribution in [3.8, 4) is 0 Å². The van der Waals surface area contributed by atoms with Gasteiger partial charge in [-0.25, -0.2) is 4.39 Å². The Hall–Kier alpha value is -0.410. The highest BCUT2D eigenvalue weighted by molar-refractivity contribution is 4.90. The first-order chi connectivity index (χ1) is 4.63. The minimum absolute atomic E-state index is 0.180. The Morgan fingerprint density at radius 1 is 1.80 bits per heavy atom. The molecule has 0 saturated heterocycles. The predicted molar refractivity (Wildman–Crippen MR) is 37.3 cm³/mol. The average Bonchev–Trinajstić information content (AvgIpc) is 1.90. The average molecular weight is 148 g/mol. The molecule has 0 aliphatic heterocycles. The van der Waals surface area contributed by atoms with Gasteiger partial charge in [-0.05, 0) is 0 Å². The number of aliphatic hydroxyl groups is 1. The van der Waals surface area contributed by atoms with Crippen molar-refractivity contribution in [3.05, 3.63) is 12.4 Å². The standard InChI is InChI=1S/C7H13FO2/c1-5(6(2)8)7(4-9)10-3/h5,7,9H,2,4H2,1,3H3. The van der Waals surface area contributed by atoms with Crippen LogP contribution in [0.2, 0.25) is 0 Å². The molecule has 0 fully saturated rings. The Labute approximate surface area is 60.3 Å². The Morgan fingerprint density at radius 3 is 2.40 bits per heavy atom. The van der Waals surface area contributed by atoms with Crippen LogP contribution in [0.4, 0.5) is 4.39 Å². The van der Waals surface area contributed by atoms with Crippen LogP contribution in [0.15, 0.2) is 12.4 Å². The molecule has 0 saturated carbocycles. The predicted octanol–water partition coefficient (Wildman–Crippen LogP) is 1.11. The summed E-state index contributed by atoms with van der Waals surface area (Å²) in [6.07, 6.45) is -0.475. The minimum Gasteiger partial charge on any atom is -0.394 e. The second kappa shape index (κ2) is 4.41. The fourth-order valence-corrected chi connectivity index (χ4v) is 0.638. The highest BCUT2D eigenvalue weighted by Crippen LogP contribution is 2.15. The third kappa shape index (κ3) is 2.45. The van der Waals surface area contributed by atoms with E-state index in [1.165, 1.54) is 7.11 Å². The topological polar surface area (TPSA) is 29.5 Å². The summed E-state index contributed by atoms with van der Waals surface area (Å²) >= 11 is 0. The van der Waals surface area contributed by atoms with Crippen LogP contribution in [0, 0.1) is 5.92 Å². The van der Waals surface area contributed by atoms with Gasteiger partial charge in [0.05, 0.1) is 18.5 Å². The summed E-state index contributed by atoms with van der Waals surface area (Å²) in [4.78, 5) is 0. The van der Waals surface area contributed by atoms with E-state index in [4.69, 9.17) is 9.84 Å². The summed E-state index contributed by atoms with van der Waals surface area (Å²) in [5.74, 6) is -0.893. The van der Waals surface area contributed by atoms with Crippen LogP contribution in [0.3, 0.4) is 0 Å². The van der Waals surface area contributed by atoms with Gasteiger partial charge in [0.15, 0.2) is 0 Å². The van der Waals surface area contributed by atoms with E-state index in [-0.39, 0.29) is 6.61 Å². The van der Waals surface area contributed by atoms with Gasteiger partial charge < -0.3 is 9.84 Å². The number of rotatable bonds is 4. The lowest BCUT2D eigenvalue weighted by atomic mass is 10.1. The van der Waals surface area contributed by atoms with Crippen LogP contribution in [-0.2, 0) is 4.74 Å². The van der Waals surface area contributed by atoms with E-state index in [1.54, 1.807) is 6.92 Å². The lowest BCUT2D eigenvalue weighted by Gasteiger charge is -2.17. The van der Waals surface area contributed by atoms with Crippen molar-refractivity contribution in [2.24, 2.45) is 5.92 Å². The van der Waals surface area contributed by atoms with Crippen LogP contribution in [0.5, 0.6) is 0 Å². The summed E-state index contributed by atoms with van der Waals surface area (Å²) in [6, 6.07) is 0. The van der Waals surface area contributed by atoms with Gasteiger partial charge in [0.2, 0.25) is 0 Å². The van der Waals surface area contributed by atoms with Gasteiger partial charge in [0, 0.05) is 13.0 Å². The first-order valence-electron chi connectivity index (χ1n) is 3.11. The minimum atomic E-state index is -0.475. The number of hydrogen-bond acceptors (Lipinski definition) is 2. The van der Waals surface area contributed by atoms with E-state index in [9.17, 15) is 4.39 Å². The molecule has 0 rings (SSSR count). The normalized spacial score (nSPS) is 16.4. The van der Waals surface area contributed by atoms with Crippen LogP contribution >= 0.6 is 0 Å². The number of halogens is 1. The zero-order valence-electron chi connectivity index (χ0n) is 6.30. The lowest BCUT2D eigenvalue weighted by Crippen LogP contribution is -2.24. The zero-order valence-corrected chi connectivity index (χ0v) is 6.30. The number of ether oxygens (including phenoxy) is 1. The molecular weight excluding hydrogens is 135 g/mol. The maximum atomic E-state index is 12.3. The molecular formula is C7H13FO2. The molecule has 0 aromatic heterocycles. The third-order valence-corrected chi connectivity index (χ3v) is 1.53. The van der Waals surface area contributed by atoms with Gasteiger partial charge in [-0.2, -0.15) is 0 Å². The van der Waals surface area contributed by atoms with Crippen molar-refractivity contribution < 1.29 is 14.2 Å². The second-order valence-electron chi connectivity index (χ2n) is 2.19. The van der Waals surface area contributed by atoms with E-state index in [0.717, 1.165) is 0 Å². The highest BCUT2D eigenvalue weighted by atomic mass is 19.1. The van der Waals surface area contributed by atoms with E-state index < -0.39 is 17.8 Å². The molecule has 3 heteroatoms. The Morgan fingerprint density at radius 2 is 2.30 bits per heavy atom. The molecule has 0 spiro atoms. The van der Waals surface area contributed by atoms with Crippen LogP contribution in [0.1, 0.15) is 6.92 Å². The SMILES string of the molecule is C=C(F)C(C)C(CO)OC. The second-order valence-corrected chi connectivity index (χ2v) is 2.19. The molecule has 0 aromatic carbocycles. The maximum Gasteiger partial charge on any atom is 0.0982 e. The van der Waals surface area contributed by atoms with Gasteiger partial charge >= 0.3 is 0 Å². The van der Waals surface area contributed by atoms with Crippen molar-refractivity contribution in [2.45, 2.75) is 13.0 Å². The van der Waals surface area contributed by atoms with Crippen LogP contribution in [-0.4, -0.2) is 24.9 Å². The molecule has 0 aliphatic carbocycles. The maximum absolute atomic E-state index is 12.3. The largest absolute Gasteiger partial charge is 0.394 e. The molecule has 2 atom stereocenters. The van der Waals surface area contributed by atoms with Crippen molar-refractivity contribution in [1.29, 1.82) is 0 Å². The Bertz CT molecular complexity index is 110. The van der Waals surface area contributed by atoms with Crippen molar-refractivity contribution in [1.82, 2.24) is 0 Å². The number of methoxy groups -OCH3 is 1. The molecule has 2 nitrogen and oxygen atoms in total. The quantitative estimate of drug-likeness (QED) is 0.647. The van der Waals surface area contributed by atoms with E-state index in [0.29, 0.717) is 0 Å². The van der Waals surface area contributed by atoms with Crippen LogP contribution < -0.4 is 0 Å². The van der Waals surface area contributed by atoms with Gasteiger partial charge in [0.1, 0.15) is 0 Å². The van der Waals surface area contributed by atoms with Gasteiger partial charge in [-0.15, -0.1) is 0 Å². The fraction of sp³-hybridized carbons (Fsp3) is 0.714. The smallest absolute Gasteiger partial charge is 0.0982 e. The van der Waals surface area contributed by atoms with E-state index in [1.807, 2.05) is 0 Å². The molecule has 0 heterocycles. The molecule has 0 amide bonds. The zero-order chi connectivity index (χ0) is 8.15. The molecule has 2 unspecified atom stereocenters.